The van der Waals surface area contributed by atoms with Crippen molar-refractivity contribution in [3.8, 4) is 0 Å². The lowest BCUT2D eigenvalue weighted by atomic mass is 10.1. The fraction of sp³-hybridized carbons (Fsp3) is 0.800. The fourth-order valence-electron chi connectivity index (χ4n) is 1.62. The summed E-state index contributed by atoms with van der Waals surface area (Å²) < 4.78 is 11.2. The lowest BCUT2D eigenvalue weighted by Crippen LogP contribution is -2.32. The maximum atomic E-state index is 9.44. The number of ether oxygens (including phenoxy) is 2. The Kier molecular flexibility index (Phi) is 3.11. The first-order chi connectivity index (χ1) is 5.96. The maximum Gasteiger partial charge on any atom is 0.163 e. The Balaban J connectivity index is 2.65. The summed E-state index contributed by atoms with van der Waals surface area (Å²) in [7, 11) is 0. The van der Waals surface area contributed by atoms with Crippen molar-refractivity contribution in [3.05, 3.63) is 12.7 Å². The zero-order valence-corrected chi connectivity index (χ0v) is 8.49. The SMILES string of the molecule is C=CC[C@H]1OC(C)(C)O[C@@H]1[C@@H](C)O. The van der Waals surface area contributed by atoms with E-state index in [9.17, 15) is 5.11 Å². The third kappa shape index (κ3) is 2.53. The van der Waals surface area contributed by atoms with Gasteiger partial charge in [0.2, 0.25) is 0 Å². The Morgan fingerprint density at radius 3 is 2.62 bits per heavy atom. The molecule has 1 saturated heterocycles. The van der Waals surface area contributed by atoms with Crippen LogP contribution in [-0.4, -0.2) is 29.2 Å². The minimum atomic E-state index is -0.588. The van der Waals surface area contributed by atoms with Crippen molar-refractivity contribution in [2.24, 2.45) is 0 Å². The summed E-state index contributed by atoms with van der Waals surface area (Å²) in [6.45, 7) is 9.07. The summed E-state index contributed by atoms with van der Waals surface area (Å²) in [6.07, 6.45) is 1.66. The second-order valence-electron chi connectivity index (χ2n) is 3.90. The van der Waals surface area contributed by atoms with Crippen LogP contribution < -0.4 is 0 Å². The highest BCUT2D eigenvalue weighted by atomic mass is 16.8. The Bertz CT molecular complexity index is 187. The molecule has 0 bridgehead atoms. The Hall–Kier alpha value is -0.380. The first-order valence-electron chi connectivity index (χ1n) is 4.61. The van der Waals surface area contributed by atoms with Gasteiger partial charge < -0.3 is 14.6 Å². The second kappa shape index (κ2) is 3.78. The lowest BCUT2D eigenvalue weighted by molar-refractivity contribution is -0.153. The van der Waals surface area contributed by atoms with E-state index >= 15 is 0 Å². The first kappa shape index (κ1) is 10.7. The molecule has 1 aliphatic rings. The Morgan fingerprint density at radius 2 is 2.15 bits per heavy atom. The highest BCUT2D eigenvalue weighted by Crippen LogP contribution is 2.31. The molecule has 3 atom stereocenters. The molecule has 0 unspecified atom stereocenters. The molecule has 0 saturated carbocycles. The van der Waals surface area contributed by atoms with Crippen LogP contribution in [0.3, 0.4) is 0 Å². The van der Waals surface area contributed by atoms with E-state index in [1.54, 1.807) is 13.0 Å². The van der Waals surface area contributed by atoms with Gasteiger partial charge in [0.15, 0.2) is 5.79 Å². The normalized spacial score (nSPS) is 34.5. The number of aliphatic hydroxyl groups excluding tert-OH is 1. The van der Waals surface area contributed by atoms with Gasteiger partial charge in [0, 0.05) is 0 Å². The number of rotatable bonds is 3. The number of hydrogen-bond donors (Lipinski definition) is 1. The summed E-state index contributed by atoms with van der Waals surface area (Å²) in [6, 6.07) is 0. The molecule has 0 aromatic heterocycles. The fourth-order valence-corrected chi connectivity index (χ4v) is 1.62. The first-order valence-corrected chi connectivity index (χ1v) is 4.61. The Labute approximate surface area is 79.3 Å². The summed E-state index contributed by atoms with van der Waals surface area (Å²) >= 11 is 0. The molecule has 1 fully saturated rings. The standard InChI is InChI=1S/C10H18O3/c1-5-6-8-9(7(2)11)13-10(3,4)12-8/h5,7-9,11H,1,6H2,2-4H3/t7-,8-,9-/m1/s1. The van der Waals surface area contributed by atoms with Crippen molar-refractivity contribution < 1.29 is 14.6 Å². The van der Waals surface area contributed by atoms with E-state index in [-0.39, 0.29) is 12.2 Å². The van der Waals surface area contributed by atoms with E-state index in [1.165, 1.54) is 0 Å². The molecule has 1 heterocycles. The van der Waals surface area contributed by atoms with Gasteiger partial charge in [-0.3, -0.25) is 0 Å². The molecule has 1 N–H and O–H groups in total. The van der Waals surface area contributed by atoms with Gasteiger partial charge in [0.1, 0.15) is 6.10 Å². The molecule has 1 aliphatic heterocycles. The average molecular weight is 186 g/mol. The van der Waals surface area contributed by atoms with Gasteiger partial charge in [-0.25, -0.2) is 0 Å². The molecule has 13 heavy (non-hydrogen) atoms. The van der Waals surface area contributed by atoms with Crippen LogP contribution in [0.25, 0.3) is 0 Å². The third-order valence-electron chi connectivity index (χ3n) is 2.10. The van der Waals surface area contributed by atoms with Crippen molar-refractivity contribution in [1.29, 1.82) is 0 Å². The van der Waals surface area contributed by atoms with E-state index in [0.717, 1.165) is 0 Å². The van der Waals surface area contributed by atoms with Gasteiger partial charge in [-0.15, -0.1) is 6.58 Å². The molecule has 0 amide bonds. The van der Waals surface area contributed by atoms with Crippen LogP contribution in [0.1, 0.15) is 27.2 Å². The predicted molar refractivity (Wildman–Crippen MR) is 50.3 cm³/mol. The van der Waals surface area contributed by atoms with Crippen molar-refractivity contribution in [2.45, 2.75) is 51.3 Å². The zero-order valence-electron chi connectivity index (χ0n) is 8.49. The topological polar surface area (TPSA) is 38.7 Å². The van der Waals surface area contributed by atoms with Crippen molar-refractivity contribution in [1.82, 2.24) is 0 Å². The minimum Gasteiger partial charge on any atom is -0.391 e. The van der Waals surface area contributed by atoms with Gasteiger partial charge in [-0.05, 0) is 27.2 Å². The van der Waals surface area contributed by atoms with Crippen LogP contribution in [0.15, 0.2) is 12.7 Å². The van der Waals surface area contributed by atoms with Crippen LogP contribution in [0.4, 0.5) is 0 Å². The number of hydrogen-bond acceptors (Lipinski definition) is 3. The molecule has 3 nitrogen and oxygen atoms in total. The molecule has 1 rings (SSSR count). The van der Waals surface area contributed by atoms with E-state index in [4.69, 9.17) is 9.47 Å². The summed E-state index contributed by atoms with van der Waals surface area (Å²) in [5.74, 6) is -0.588. The molecule has 0 radical (unpaired) electrons. The monoisotopic (exact) mass is 186 g/mol. The Morgan fingerprint density at radius 1 is 1.54 bits per heavy atom. The molecule has 0 aliphatic carbocycles. The van der Waals surface area contributed by atoms with Crippen LogP contribution in [0.2, 0.25) is 0 Å². The van der Waals surface area contributed by atoms with Crippen LogP contribution in [0, 0.1) is 0 Å². The van der Waals surface area contributed by atoms with Gasteiger partial charge >= 0.3 is 0 Å². The smallest absolute Gasteiger partial charge is 0.163 e. The van der Waals surface area contributed by atoms with Crippen LogP contribution in [-0.2, 0) is 9.47 Å². The largest absolute Gasteiger partial charge is 0.391 e. The molecule has 76 valence electrons. The van der Waals surface area contributed by atoms with E-state index in [0.29, 0.717) is 6.42 Å². The molecule has 0 aromatic carbocycles. The zero-order chi connectivity index (χ0) is 10.1. The van der Waals surface area contributed by atoms with Crippen molar-refractivity contribution >= 4 is 0 Å². The van der Waals surface area contributed by atoms with E-state index in [2.05, 4.69) is 6.58 Å². The van der Waals surface area contributed by atoms with Crippen LogP contribution >= 0.6 is 0 Å². The quantitative estimate of drug-likeness (QED) is 0.678. The molecular formula is C10H18O3. The average Bonchev–Trinajstić information content (AvgIpc) is 2.26. The molecular weight excluding hydrogens is 168 g/mol. The molecule has 0 aromatic rings. The van der Waals surface area contributed by atoms with Crippen molar-refractivity contribution in [2.75, 3.05) is 0 Å². The van der Waals surface area contributed by atoms with Crippen LogP contribution in [0.5, 0.6) is 0 Å². The summed E-state index contributed by atoms with van der Waals surface area (Å²) in [5.41, 5.74) is 0. The minimum absolute atomic E-state index is 0.0764. The maximum absolute atomic E-state index is 9.44. The molecule has 0 spiro atoms. The third-order valence-corrected chi connectivity index (χ3v) is 2.10. The van der Waals surface area contributed by atoms with E-state index in [1.807, 2.05) is 13.8 Å². The van der Waals surface area contributed by atoms with Gasteiger partial charge in [-0.2, -0.15) is 0 Å². The highest BCUT2D eigenvalue weighted by molar-refractivity contribution is 4.88. The van der Waals surface area contributed by atoms with Gasteiger partial charge in [0.25, 0.3) is 0 Å². The molecule has 3 heteroatoms. The highest BCUT2D eigenvalue weighted by Gasteiger charge is 2.42. The summed E-state index contributed by atoms with van der Waals surface area (Å²) in [5, 5.41) is 9.44. The van der Waals surface area contributed by atoms with Crippen molar-refractivity contribution in [3.63, 3.8) is 0 Å². The summed E-state index contributed by atoms with van der Waals surface area (Å²) in [4.78, 5) is 0. The lowest BCUT2D eigenvalue weighted by Gasteiger charge is -2.18. The van der Waals surface area contributed by atoms with E-state index < -0.39 is 11.9 Å². The van der Waals surface area contributed by atoms with Gasteiger partial charge in [-0.1, -0.05) is 6.08 Å². The van der Waals surface area contributed by atoms with Gasteiger partial charge in [0.05, 0.1) is 12.2 Å². The second-order valence-corrected chi connectivity index (χ2v) is 3.90. The predicted octanol–water partition coefficient (Wildman–Crippen LogP) is 1.46. The number of aliphatic hydroxyl groups is 1.